The third-order valence-electron chi connectivity index (χ3n) is 3.23. The molecule has 0 spiro atoms. The Morgan fingerprint density at radius 1 is 1.00 bits per heavy atom. The molecule has 3 aromatic rings. The Kier molecular flexibility index (Phi) is 3.43. The van der Waals surface area contributed by atoms with Crippen molar-refractivity contribution in [2.24, 2.45) is 0 Å². The minimum atomic E-state index is -3.77. The van der Waals surface area contributed by atoms with E-state index in [1.807, 2.05) is 0 Å². The molecule has 0 radical (unpaired) electrons. The highest BCUT2D eigenvalue weighted by Crippen LogP contribution is 2.32. The van der Waals surface area contributed by atoms with Gasteiger partial charge in [-0.2, -0.15) is 0 Å². The van der Waals surface area contributed by atoms with E-state index < -0.39 is 9.84 Å². The van der Waals surface area contributed by atoms with E-state index >= 15 is 0 Å². The number of halogens is 1. The highest BCUT2D eigenvalue weighted by atomic mass is 79.9. The van der Waals surface area contributed by atoms with Crippen LogP contribution in [0.1, 0.15) is 10.4 Å². The van der Waals surface area contributed by atoms with Crippen LogP contribution in [0.3, 0.4) is 0 Å². The summed E-state index contributed by atoms with van der Waals surface area (Å²) in [4.78, 5) is 14.4. The lowest BCUT2D eigenvalue weighted by Gasteiger charge is -2.02. The number of aromatic amines is 1. The van der Waals surface area contributed by atoms with Crippen LogP contribution < -0.4 is 0 Å². The lowest BCUT2D eigenvalue weighted by atomic mass is 10.2. The molecule has 0 saturated carbocycles. The first-order chi connectivity index (χ1) is 10.1. The number of nitrogens with one attached hydrogen (secondary N) is 1. The highest BCUT2D eigenvalue weighted by molar-refractivity contribution is 9.10. The van der Waals surface area contributed by atoms with Crippen molar-refractivity contribution in [1.29, 1.82) is 0 Å². The van der Waals surface area contributed by atoms with Gasteiger partial charge in [0, 0.05) is 9.86 Å². The maximum Gasteiger partial charge on any atom is 0.222 e. The minimum Gasteiger partial charge on any atom is -0.344 e. The monoisotopic (exact) mass is 363 g/mol. The molecule has 0 saturated heterocycles. The lowest BCUT2D eigenvalue weighted by molar-refractivity contribution is 0.112. The number of hydrogen-bond acceptors (Lipinski definition) is 3. The molecule has 0 amide bonds. The summed E-state index contributed by atoms with van der Waals surface area (Å²) in [5.41, 5.74) is 0.740. The molecule has 1 N–H and O–H groups in total. The third-order valence-corrected chi connectivity index (χ3v) is 5.64. The number of aldehydes is 1. The minimum absolute atomic E-state index is 0.0781. The molecule has 0 bridgehead atoms. The van der Waals surface area contributed by atoms with Crippen LogP contribution in [-0.4, -0.2) is 19.7 Å². The van der Waals surface area contributed by atoms with Crippen LogP contribution in [0.2, 0.25) is 0 Å². The number of carbonyl (C=O) groups excluding carboxylic acids is 1. The van der Waals surface area contributed by atoms with E-state index in [1.165, 1.54) is 12.1 Å². The number of fused-ring (bicyclic) bond motifs is 1. The maximum atomic E-state index is 12.7. The summed E-state index contributed by atoms with van der Waals surface area (Å²) >= 11 is 3.35. The van der Waals surface area contributed by atoms with Crippen LogP contribution >= 0.6 is 15.9 Å². The van der Waals surface area contributed by atoms with Gasteiger partial charge in [0.25, 0.3) is 0 Å². The molecular formula is C15H10BrNO3S. The molecule has 21 heavy (non-hydrogen) atoms. The number of aromatic nitrogens is 1. The van der Waals surface area contributed by atoms with Crippen molar-refractivity contribution >= 4 is 43.0 Å². The molecule has 2 aromatic carbocycles. The van der Waals surface area contributed by atoms with Crippen LogP contribution in [0.4, 0.5) is 0 Å². The van der Waals surface area contributed by atoms with Gasteiger partial charge in [-0.3, -0.25) is 4.79 Å². The summed E-state index contributed by atoms with van der Waals surface area (Å²) < 4.78 is 26.1. The van der Waals surface area contributed by atoms with Gasteiger partial charge in [-0.05, 0) is 34.1 Å². The molecule has 1 heterocycles. The van der Waals surface area contributed by atoms with Crippen molar-refractivity contribution in [2.45, 2.75) is 9.92 Å². The number of sulfone groups is 1. The van der Waals surface area contributed by atoms with E-state index in [1.54, 1.807) is 36.4 Å². The molecule has 4 nitrogen and oxygen atoms in total. The quantitative estimate of drug-likeness (QED) is 0.723. The maximum absolute atomic E-state index is 12.7. The second-order valence-corrected chi connectivity index (χ2v) is 7.21. The Morgan fingerprint density at radius 2 is 1.71 bits per heavy atom. The van der Waals surface area contributed by atoms with Gasteiger partial charge in [0.1, 0.15) is 5.03 Å². The van der Waals surface area contributed by atoms with Gasteiger partial charge >= 0.3 is 0 Å². The summed E-state index contributed by atoms with van der Waals surface area (Å²) in [6, 6.07) is 13.3. The predicted octanol–water partition coefficient (Wildman–Crippen LogP) is 3.58. The summed E-state index contributed by atoms with van der Waals surface area (Å²) in [5, 5.41) is 0.500. The fraction of sp³-hybridized carbons (Fsp3) is 0. The molecule has 0 fully saturated rings. The third kappa shape index (κ3) is 2.20. The van der Waals surface area contributed by atoms with Gasteiger partial charge in [0.15, 0.2) is 6.29 Å². The number of rotatable bonds is 3. The summed E-state index contributed by atoms with van der Waals surface area (Å²) in [6.45, 7) is 0. The summed E-state index contributed by atoms with van der Waals surface area (Å²) in [5.74, 6) is 0. The van der Waals surface area contributed by atoms with Crippen molar-refractivity contribution in [3.05, 3.63) is 58.6 Å². The molecule has 106 valence electrons. The highest BCUT2D eigenvalue weighted by Gasteiger charge is 2.25. The summed E-state index contributed by atoms with van der Waals surface area (Å²) in [7, 11) is -3.77. The van der Waals surface area contributed by atoms with Gasteiger partial charge < -0.3 is 4.98 Å². The van der Waals surface area contributed by atoms with E-state index in [9.17, 15) is 13.2 Å². The van der Waals surface area contributed by atoms with Crippen LogP contribution in [0.25, 0.3) is 10.9 Å². The van der Waals surface area contributed by atoms with Gasteiger partial charge in [0.2, 0.25) is 9.84 Å². The molecule has 0 aliphatic rings. The van der Waals surface area contributed by atoms with Gasteiger partial charge in [-0.1, -0.05) is 30.3 Å². The van der Waals surface area contributed by atoms with Crippen LogP contribution in [0.15, 0.2) is 62.9 Å². The Bertz CT molecular complexity index is 930. The largest absolute Gasteiger partial charge is 0.344 e. The first kappa shape index (κ1) is 14.0. The first-order valence-electron chi connectivity index (χ1n) is 6.11. The fourth-order valence-electron chi connectivity index (χ4n) is 2.23. The SMILES string of the molecule is O=Cc1c(S(=O)(=O)c2ccccc2)[nH]c2c(Br)cccc12. The predicted molar refractivity (Wildman–Crippen MR) is 83.3 cm³/mol. The number of hydrogen-bond donors (Lipinski definition) is 1. The Labute approximate surface area is 129 Å². The van der Waals surface area contributed by atoms with E-state index in [0.717, 1.165) is 0 Å². The van der Waals surface area contributed by atoms with Crippen molar-refractivity contribution in [2.75, 3.05) is 0 Å². The Hall–Kier alpha value is -1.92. The molecule has 0 aliphatic heterocycles. The zero-order chi connectivity index (χ0) is 15.0. The molecule has 6 heteroatoms. The van der Waals surface area contributed by atoms with Crippen molar-refractivity contribution in [3.63, 3.8) is 0 Å². The van der Waals surface area contributed by atoms with E-state index in [0.29, 0.717) is 21.7 Å². The number of benzene rings is 2. The standard InChI is InChI=1S/C15H10BrNO3S/c16-13-8-4-7-11-12(9-18)15(17-14(11)13)21(19,20)10-5-2-1-3-6-10/h1-9,17H. The second-order valence-electron chi connectivity index (χ2n) is 4.46. The Morgan fingerprint density at radius 3 is 2.38 bits per heavy atom. The smallest absolute Gasteiger partial charge is 0.222 e. The topological polar surface area (TPSA) is 67.0 Å². The lowest BCUT2D eigenvalue weighted by Crippen LogP contribution is -2.04. The number of para-hydroxylation sites is 1. The molecule has 0 aliphatic carbocycles. The van der Waals surface area contributed by atoms with E-state index in [4.69, 9.17) is 0 Å². The molecule has 0 atom stereocenters. The van der Waals surface area contributed by atoms with Gasteiger partial charge in [-0.25, -0.2) is 8.42 Å². The van der Waals surface area contributed by atoms with Crippen molar-refractivity contribution in [1.82, 2.24) is 4.98 Å². The molecule has 0 unspecified atom stereocenters. The average Bonchev–Trinajstić information content (AvgIpc) is 2.89. The summed E-state index contributed by atoms with van der Waals surface area (Å²) in [6.07, 6.45) is 0.571. The molecule has 1 aromatic heterocycles. The van der Waals surface area contributed by atoms with Gasteiger partial charge in [0.05, 0.1) is 16.0 Å². The zero-order valence-electron chi connectivity index (χ0n) is 10.7. The number of H-pyrrole nitrogens is 1. The fourth-order valence-corrected chi connectivity index (χ4v) is 4.13. The van der Waals surface area contributed by atoms with Crippen LogP contribution in [0.5, 0.6) is 0 Å². The van der Waals surface area contributed by atoms with Crippen molar-refractivity contribution < 1.29 is 13.2 Å². The normalized spacial score (nSPS) is 11.7. The first-order valence-corrected chi connectivity index (χ1v) is 8.39. The van der Waals surface area contributed by atoms with Crippen LogP contribution in [-0.2, 0) is 9.84 Å². The number of carbonyl (C=O) groups is 1. The Balaban J connectivity index is 2.36. The van der Waals surface area contributed by atoms with E-state index in [-0.39, 0.29) is 15.5 Å². The second kappa shape index (κ2) is 5.13. The zero-order valence-corrected chi connectivity index (χ0v) is 13.1. The van der Waals surface area contributed by atoms with E-state index in [2.05, 4.69) is 20.9 Å². The van der Waals surface area contributed by atoms with Crippen molar-refractivity contribution in [3.8, 4) is 0 Å². The van der Waals surface area contributed by atoms with Gasteiger partial charge in [-0.15, -0.1) is 0 Å². The van der Waals surface area contributed by atoms with Crippen LogP contribution in [0, 0.1) is 0 Å². The molecular weight excluding hydrogens is 354 g/mol. The average molecular weight is 364 g/mol. The molecule has 3 rings (SSSR count).